The summed E-state index contributed by atoms with van der Waals surface area (Å²) in [4.78, 5) is 0. The smallest absolute Gasteiger partial charge is 0.0233 e. The number of rotatable bonds is 7. The van der Waals surface area contributed by atoms with E-state index in [0.717, 1.165) is 0 Å². The molecule has 0 heterocycles. The number of fused-ring (bicyclic) bond motifs is 1. The highest BCUT2D eigenvalue weighted by Crippen LogP contribution is 2.27. The molecule has 88 valence electrons. The predicted molar refractivity (Wildman–Crippen MR) is 70.9 cm³/mol. The third kappa shape index (κ3) is 2.87. The van der Waals surface area contributed by atoms with Crippen molar-refractivity contribution in [2.45, 2.75) is 64.7 Å². The SMILES string of the molecule is CCCCCCCCc1cccc2c1CC2. The Morgan fingerprint density at radius 1 is 0.938 bits per heavy atom. The molecule has 0 aliphatic heterocycles. The van der Waals surface area contributed by atoms with E-state index in [2.05, 4.69) is 25.1 Å². The van der Waals surface area contributed by atoms with Gasteiger partial charge in [0.1, 0.15) is 0 Å². The van der Waals surface area contributed by atoms with Crippen molar-refractivity contribution < 1.29 is 0 Å². The van der Waals surface area contributed by atoms with Crippen LogP contribution in [0.4, 0.5) is 0 Å². The van der Waals surface area contributed by atoms with Gasteiger partial charge in [0, 0.05) is 0 Å². The Morgan fingerprint density at radius 2 is 1.75 bits per heavy atom. The largest absolute Gasteiger partial charge is 0.0654 e. The lowest BCUT2D eigenvalue weighted by atomic mass is 9.83. The second-order valence-corrected chi connectivity index (χ2v) is 5.07. The fraction of sp³-hybridized carbons (Fsp3) is 0.625. The number of aryl methyl sites for hydroxylation is 2. The van der Waals surface area contributed by atoms with Crippen LogP contribution in [-0.2, 0) is 19.3 Å². The lowest BCUT2D eigenvalue weighted by Gasteiger charge is -2.22. The lowest BCUT2D eigenvalue weighted by molar-refractivity contribution is 0.605. The van der Waals surface area contributed by atoms with Gasteiger partial charge in [-0.05, 0) is 42.4 Å². The van der Waals surface area contributed by atoms with E-state index in [1.54, 1.807) is 16.7 Å². The summed E-state index contributed by atoms with van der Waals surface area (Å²) in [6.07, 6.45) is 12.4. The first-order valence-corrected chi connectivity index (χ1v) is 7.01. The van der Waals surface area contributed by atoms with E-state index < -0.39 is 0 Å². The number of hydrogen-bond donors (Lipinski definition) is 0. The summed E-state index contributed by atoms with van der Waals surface area (Å²) in [6, 6.07) is 6.87. The van der Waals surface area contributed by atoms with Crippen LogP contribution in [0.2, 0.25) is 0 Å². The maximum absolute atomic E-state index is 2.34. The summed E-state index contributed by atoms with van der Waals surface area (Å²) in [6.45, 7) is 2.28. The van der Waals surface area contributed by atoms with Gasteiger partial charge in [-0.1, -0.05) is 57.2 Å². The van der Waals surface area contributed by atoms with Crippen LogP contribution in [-0.4, -0.2) is 0 Å². The van der Waals surface area contributed by atoms with Gasteiger partial charge in [0.05, 0.1) is 0 Å². The molecular formula is C16H24. The molecule has 0 radical (unpaired) electrons. The van der Waals surface area contributed by atoms with Crippen molar-refractivity contribution in [2.24, 2.45) is 0 Å². The van der Waals surface area contributed by atoms with Gasteiger partial charge in [-0.25, -0.2) is 0 Å². The van der Waals surface area contributed by atoms with Gasteiger partial charge in [-0.15, -0.1) is 0 Å². The van der Waals surface area contributed by atoms with Crippen molar-refractivity contribution in [3.63, 3.8) is 0 Å². The second kappa shape index (κ2) is 6.08. The molecule has 0 saturated heterocycles. The van der Waals surface area contributed by atoms with Crippen molar-refractivity contribution in [1.29, 1.82) is 0 Å². The van der Waals surface area contributed by atoms with Crippen LogP contribution >= 0.6 is 0 Å². The van der Waals surface area contributed by atoms with Crippen LogP contribution in [0.3, 0.4) is 0 Å². The molecular weight excluding hydrogens is 192 g/mol. The van der Waals surface area contributed by atoms with E-state index in [-0.39, 0.29) is 0 Å². The summed E-state index contributed by atoms with van der Waals surface area (Å²) >= 11 is 0. The van der Waals surface area contributed by atoms with E-state index in [1.165, 1.54) is 57.8 Å². The van der Waals surface area contributed by atoms with Gasteiger partial charge in [0.15, 0.2) is 0 Å². The molecule has 0 saturated carbocycles. The molecule has 0 fully saturated rings. The van der Waals surface area contributed by atoms with E-state index >= 15 is 0 Å². The van der Waals surface area contributed by atoms with Crippen LogP contribution in [0.5, 0.6) is 0 Å². The van der Waals surface area contributed by atoms with Gasteiger partial charge in [0.2, 0.25) is 0 Å². The Bertz CT molecular complexity index is 325. The van der Waals surface area contributed by atoms with Crippen LogP contribution < -0.4 is 0 Å². The zero-order chi connectivity index (χ0) is 11.2. The number of unbranched alkanes of at least 4 members (excludes halogenated alkanes) is 5. The molecule has 0 nitrogen and oxygen atoms in total. The molecule has 0 aromatic heterocycles. The zero-order valence-corrected chi connectivity index (χ0v) is 10.6. The molecule has 0 unspecified atom stereocenters. The van der Waals surface area contributed by atoms with Gasteiger partial charge in [-0.3, -0.25) is 0 Å². The normalized spacial score (nSPS) is 13.3. The number of benzene rings is 1. The first-order valence-electron chi connectivity index (χ1n) is 7.01. The quantitative estimate of drug-likeness (QED) is 0.580. The Labute approximate surface area is 100 Å². The minimum absolute atomic E-state index is 1.31. The third-order valence-electron chi connectivity index (χ3n) is 3.81. The van der Waals surface area contributed by atoms with Crippen LogP contribution in [0.25, 0.3) is 0 Å². The molecule has 0 N–H and O–H groups in total. The van der Waals surface area contributed by atoms with Crippen LogP contribution in [0.1, 0.15) is 62.1 Å². The summed E-state index contributed by atoms with van der Waals surface area (Å²) < 4.78 is 0. The molecule has 0 spiro atoms. The van der Waals surface area contributed by atoms with Crippen molar-refractivity contribution in [2.75, 3.05) is 0 Å². The van der Waals surface area contributed by atoms with Crippen molar-refractivity contribution in [1.82, 2.24) is 0 Å². The van der Waals surface area contributed by atoms with Gasteiger partial charge in [0.25, 0.3) is 0 Å². The van der Waals surface area contributed by atoms with E-state index in [1.807, 2.05) is 0 Å². The molecule has 0 bridgehead atoms. The molecule has 2 rings (SSSR count). The minimum atomic E-state index is 1.31. The van der Waals surface area contributed by atoms with Gasteiger partial charge in [-0.2, -0.15) is 0 Å². The zero-order valence-electron chi connectivity index (χ0n) is 10.6. The Balaban J connectivity index is 1.68. The number of hydrogen-bond acceptors (Lipinski definition) is 0. The maximum Gasteiger partial charge on any atom is -0.0233 e. The molecule has 0 atom stereocenters. The highest BCUT2D eigenvalue weighted by atomic mass is 14.2. The average Bonchev–Trinajstić information content (AvgIpc) is 2.25. The Kier molecular flexibility index (Phi) is 4.44. The fourth-order valence-electron chi connectivity index (χ4n) is 2.66. The molecule has 1 aromatic carbocycles. The minimum Gasteiger partial charge on any atom is -0.0654 e. The van der Waals surface area contributed by atoms with Crippen molar-refractivity contribution >= 4 is 0 Å². The monoisotopic (exact) mass is 216 g/mol. The molecule has 1 aliphatic carbocycles. The summed E-state index contributed by atoms with van der Waals surface area (Å²) in [7, 11) is 0. The van der Waals surface area contributed by atoms with E-state index in [4.69, 9.17) is 0 Å². The molecule has 0 amide bonds. The highest BCUT2D eigenvalue weighted by Gasteiger charge is 2.15. The molecule has 16 heavy (non-hydrogen) atoms. The fourth-order valence-corrected chi connectivity index (χ4v) is 2.66. The molecule has 1 aromatic rings. The highest BCUT2D eigenvalue weighted by molar-refractivity contribution is 5.41. The second-order valence-electron chi connectivity index (χ2n) is 5.07. The summed E-state index contributed by atoms with van der Waals surface area (Å²) in [5.41, 5.74) is 4.93. The van der Waals surface area contributed by atoms with Crippen molar-refractivity contribution in [3.8, 4) is 0 Å². The first kappa shape index (κ1) is 11.7. The topological polar surface area (TPSA) is 0 Å². The van der Waals surface area contributed by atoms with E-state index in [9.17, 15) is 0 Å². The average molecular weight is 216 g/mol. The lowest BCUT2D eigenvalue weighted by Crippen LogP contribution is -2.11. The first-order chi connectivity index (χ1) is 7.92. The molecule has 0 heteroatoms. The van der Waals surface area contributed by atoms with Gasteiger partial charge >= 0.3 is 0 Å². The van der Waals surface area contributed by atoms with E-state index in [0.29, 0.717) is 0 Å². The van der Waals surface area contributed by atoms with Gasteiger partial charge < -0.3 is 0 Å². The third-order valence-corrected chi connectivity index (χ3v) is 3.81. The Morgan fingerprint density at radius 3 is 2.50 bits per heavy atom. The summed E-state index contributed by atoms with van der Waals surface area (Å²) in [5, 5.41) is 0. The maximum atomic E-state index is 2.34. The summed E-state index contributed by atoms with van der Waals surface area (Å²) in [5.74, 6) is 0. The Hall–Kier alpha value is -0.780. The standard InChI is InChI=1S/C16H24/c1-2-3-4-5-6-7-9-14-10-8-11-15-12-13-16(14)15/h8,10-11H,2-7,9,12-13H2,1H3. The predicted octanol–water partition coefficient (Wildman–Crippen LogP) is 4.69. The van der Waals surface area contributed by atoms with Crippen LogP contribution in [0.15, 0.2) is 18.2 Å². The molecule has 1 aliphatic rings. The van der Waals surface area contributed by atoms with Crippen LogP contribution in [0, 0.1) is 0 Å². The van der Waals surface area contributed by atoms with Crippen molar-refractivity contribution in [3.05, 3.63) is 34.9 Å².